The van der Waals surface area contributed by atoms with E-state index in [-0.39, 0.29) is 38.2 Å². The van der Waals surface area contributed by atoms with Gasteiger partial charge in [-0.05, 0) is 29.9 Å². The maximum absolute atomic E-state index is 13.4. The van der Waals surface area contributed by atoms with Crippen LogP contribution in [-0.4, -0.2) is 58.7 Å². The van der Waals surface area contributed by atoms with Gasteiger partial charge in [0.15, 0.2) is 0 Å². The van der Waals surface area contributed by atoms with Gasteiger partial charge >= 0.3 is 12.3 Å². The minimum Gasteiger partial charge on any atom is -0.445 e. The van der Waals surface area contributed by atoms with E-state index in [9.17, 15) is 24.0 Å². The molecule has 0 fully saturated rings. The molecule has 0 aromatic heterocycles. The van der Waals surface area contributed by atoms with Crippen LogP contribution in [0.5, 0.6) is 0 Å². The van der Waals surface area contributed by atoms with E-state index in [1.54, 1.807) is 42.5 Å². The first-order chi connectivity index (χ1) is 19.6. The highest BCUT2D eigenvalue weighted by Crippen LogP contribution is 2.10. The number of primary amides is 1. The van der Waals surface area contributed by atoms with Crippen LogP contribution in [0.15, 0.2) is 60.7 Å². The van der Waals surface area contributed by atoms with Crippen molar-refractivity contribution in [2.75, 3.05) is 0 Å². The van der Waals surface area contributed by atoms with Gasteiger partial charge in [-0.15, -0.1) is 0 Å². The number of carbonyl (C=O) groups excluding carboxylic acids is 5. The van der Waals surface area contributed by atoms with Gasteiger partial charge < -0.3 is 32.0 Å². The van der Waals surface area contributed by atoms with Crippen molar-refractivity contribution in [3.63, 3.8) is 0 Å². The number of carbonyl (C=O) groups is 5. The molecule has 0 saturated carbocycles. The first-order valence-corrected chi connectivity index (χ1v) is 13.2. The summed E-state index contributed by atoms with van der Waals surface area (Å²) < 4.78 is 5.27. The molecule has 5 N–H and O–H groups in total. The Morgan fingerprint density at radius 2 is 1.41 bits per heavy atom. The number of benzene rings is 2. The molecule has 0 spiro atoms. The largest absolute Gasteiger partial charge is 0.445 e. The van der Waals surface area contributed by atoms with Crippen molar-refractivity contribution in [1.82, 2.24) is 16.0 Å². The van der Waals surface area contributed by atoms with Crippen molar-refractivity contribution < 1.29 is 33.5 Å². The highest BCUT2D eigenvalue weighted by Gasteiger charge is 2.31. The van der Waals surface area contributed by atoms with Gasteiger partial charge in [-0.2, -0.15) is 4.79 Å². The topological polar surface area (TPSA) is 193 Å². The highest BCUT2D eigenvalue weighted by atomic mass is 16.5. The standard InChI is InChI=1S/C29H36N6O6/c1-19(2)15-23(35-29(40)41-18-21-11-7-4-8-12-21)27(38)34-24(16-20-9-5-3-6-10-20)28(39)33-22(13-14-26(30)37)25(36)17-32-31/h3-12,17,19,22-24H,13-16,18H2,1-2H3,(H2,30,37)(H,33,39)(H,34,38)(H,35,40)/t22-,23-,24-/m0/s1. The van der Waals surface area contributed by atoms with Crippen LogP contribution in [0.3, 0.4) is 0 Å². The summed E-state index contributed by atoms with van der Waals surface area (Å²) >= 11 is 0. The summed E-state index contributed by atoms with van der Waals surface area (Å²) in [6.07, 6.45) is -0.200. The zero-order chi connectivity index (χ0) is 30.2. The fourth-order valence-corrected chi connectivity index (χ4v) is 3.93. The third kappa shape index (κ3) is 12.3. The molecule has 3 atom stereocenters. The Balaban J connectivity index is 2.21. The summed E-state index contributed by atoms with van der Waals surface area (Å²) in [6, 6.07) is 14.5. The van der Waals surface area contributed by atoms with Crippen molar-refractivity contribution >= 4 is 35.8 Å². The molecule has 0 bridgehead atoms. The molecule has 12 nitrogen and oxygen atoms in total. The van der Waals surface area contributed by atoms with Crippen LogP contribution in [0.1, 0.15) is 44.2 Å². The Kier molecular flexibility index (Phi) is 13.4. The van der Waals surface area contributed by atoms with E-state index in [4.69, 9.17) is 16.0 Å². The summed E-state index contributed by atoms with van der Waals surface area (Å²) in [5.41, 5.74) is 15.5. The molecule has 0 heterocycles. The molecule has 218 valence electrons. The van der Waals surface area contributed by atoms with E-state index in [1.807, 2.05) is 32.0 Å². The molecule has 12 heteroatoms. The van der Waals surface area contributed by atoms with Crippen molar-refractivity contribution in [3.8, 4) is 0 Å². The minimum atomic E-state index is -1.22. The molecule has 0 aliphatic rings. The minimum absolute atomic E-state index is 0.00939. The van der Waals surface area contributed by atoms with Gasteiger partial charge in [0.1, 0.15) is 18.7 Å². The summed E-state index contributed by atoms with van der Waals surface area (Å²) in [4.78, 5) is 65.6. The lowest BCUT2D eigenvalue weighted by atomic mass is 10.0. The maximum Gasteiger partial charge on any atom is 0.408 e. The lowest BCUT2D eigenvalue weighted by Gasteiger charge is -2.25. The molecule has 0 radical (unpaired) electrons. The molecular weight excluding hydrogens is 528 g/mol. The second-order valence-corrected chi connectivity index (χ2v) is 9.85. The second kappa shape index (κ2) is 17.0. The fourth-order valence-electron chi connectivity index (χ4n) is 3.93. The van der Waals surface area contributed by atoms with Gasteiger partial charge in [0.05, 0.1) is 6.04 Å². The Labute approximate surface area is 238 Å². The van der Waals surface area contributed by atoms with Crippen LogP contribution in [-0.2, 0) is 36.9 Å². The predicted molar refractivity (Wildman–Crippen MR) is 150 cm³/mol. The number of ether oxygens (including phenoxy) is 1. The van der Waals surface area contributed by atoms with E-state index < -0.39 is 47.7 Å². The first-order valence-electron chi connectivity index (χ1n) is 13.2. The van der Waals surface area contributed by atoms with E-state index >= 15 is 0 Å². The van der Waals surface area contributed by atoms with E-state index in [0.717, 1.165) is 11.1 Å². The number of nitrogens with two attached hydrogens (primary N) is 1. The number of Topliss-reactive ketones (excluding diaryl/α,β-unsaturated/α-hetero) is 1. The average molecular weight is 565 g/mol. The Morgan fingerprint density at radius 1 is 0.854 bits per heavy atom. The van der Waals surface area contributed by atoms with Gasteiger partial charge in [-0.3, -0.25) is 19.2 Å². The molecular formula is C29H36N6O6. The van der Waals surface area contributed by atoms with Crippen molar-refractivity contribution in [1.29, 1.82) is 0 Å². The van der Waals surface area contributed by atoms with Gasteiger partial charge in [0, 0.05) is 12.8 Å². The van der Waals surface area contributed by atoms with Crippen molar-refractivity contribution in [2.24, 2.45) is 11.7 Å². The first kappa shape index (κ1) is 32.4. The number of hydrogen-bond acceptors (Lipinski definition) is 6. The summed E-state index contributed by atoms with van der Waals surface area (Å²) in [5.74, 6) is -2.77. The van der Waals surface area contributed by atoms with Crippen LogP contribution in [0.4, 0.5) is 4.79 Å². The molecule has 0 unspecified atom stereocenters. The van der Waals surface area contributed by atoms with Crippen LogP contribution >= 0.6 is 0 Å². The zero-order valence-corrected chi connectivity index (χ0v) is 23.1. The van der Waals surface area contributed by atoms with Crippen LogP contribution in [0.2, 0.25) is 0 Å². The number of alkyl carbamates (subject to hydrolysis) is 1. The number of hydrogen-bond donors (Lipinski definition) is 4. The van der Waals surface area contributed by atoms with Gasteiger partial charge in [0.25, 0.3) is 5.78 Å². The molecule has 0 aliphatic heterocycles. The molecule has 0 aliphatic carbocycles. The second-order valence-electron chi connectivity index (χ2n) is 9.85. The smallest absolute Gasteiger partial charge is 0.408 e. The quantitative estimate of drug-likeness (QED) is 0.136. The van der Waals surface area contributed by atoms with Gasteiger partial charge in [-0.25, -0.2) is 4.79 Å². The van der Waals surface area contributed by atoms with Gasteiger partial charge in [-0.1, -0.05) is 74.5 Å². The molecule has 2 aromatic rings. The van der Waals surface area contributed by atoms with Gasteiger partial charge in [0.2, 0.25) is 17.7 Å². The number of amides is 4. The monoisotopic (exact) mass is 564 g/mol. The average Bonchev–Trinajstić information content (AvgIpc) is 2.94. The number of nitrogens with zero attached hydrogens (tertiary/aromatic N) is 2. The highest BCUT2D eigenvalue weighted by molar-refractivity contribution is 6.28. The van der Waals surface area contributed by atoms with Crippen molar-refractivity contribution in [2.45, 2.75) is 64.3 Å². The Bertz CT molecular complexity index is 1230. The van der Waals surface area contributed by atoms with Crippen LogP contribution < -0.4 is 21.7 Å². The van der Waals surface area contributed by atoms with Crippen LogP contribution in [0, 0.1) is 5.92 Å². The summed E-state index contributed by atoms with van der Waals surface area (Å²) in [7, 11) is 0. The van der Waals surface area contributed by atoms with Crippen molar-refractivity contribution in [3.05, 3.63) is 77.3 Å². The SMILES string of the molecule is CC(C)C[C@H](NC(=O)OCc1ccccc1)C(=O)N[C@@H](Cc1ccccc1)C(=O)N[C@@H](CCC(N)=O)C(=O)C=[N+]=[N-]. The fraction of sp³-hybridized carbons (Fsp3) is 0.379. The van der Waals surface area contributed by atoms with E-state index in [1.165, 1.54) is 0 Å². The number of rotatable bonds is 16. The maximum atomic E-state index is 13.4. The number of ketones is 1. The lowest BCUT2D eigenvalue weighted by Crippen LogP contribution is -2.56. The molecule has 2 rings (SSSR count). The predicted octanol–water partition coefficient (Wildman–Crippen LogP) is 1.68. The summed E-state index contributed by atoms with van der Waals surface area (Å²) in [5, 5.41) is 7.78. The molecule has 4 amide bonds. The van der Waals surface area contributed by atoms with E-state index in [0.29, 0.717) is 6.21 Å². The third-order valence-electron chi connectivity index (χ3n) is 5.97. The lowest BCUT2D eigenvalue weighted by molar-refractivity contribution is -0.131. The molecule has 41 heavy (non-hydrogen) atoms. The Hall–Kier alpha value is -4.83. The van der Waals surface area contributed by atoms with E-state index in [2.05, 4.69) is 20.7 Å². The zero-order valence-electron chi connectivity index (χ0n) is 23.1. The molecule has 2 aromatic carbocycles. The summed E-state index contributed by atoms with van der Waals surface area (Å²) in [6.45, 7) is 3.77. The van der Waals surface area contributed by atoms with Crippen LogP contribution in [0.25, 0.3) is 5.53 Å². The third-order valence-corrected chi connectivity index (χ3v) is 5.97. The molecule has 0 saturated heterocycles. The number of nitrogens with one attached hydrogen (secondary N) is 3. The Morgan fingerprint density at radius 3 is 1.98 bits per heavy atom. The normalized spacial score (nSPS) is 12.7.